The van der Waals surface area contributed by atoms with Crippen molar-refractivity contribution in [2.24, 2.45) is 0 Å². The molecule has 0 aromatic heterocycles. The van der Waals surface area contributed by atoms with Gasteiger partial charge in [-0.3, -0.25) is 0 Å². The molecule has 4 heavy (non-hydrogen) atoms. The van der Waals surface area contributed by atoms with E-state index in [1.165, 1.54) is 0 Å². The summed E-state index contributed by atoms with van der Waals surface area (Å²) in [5, 5.41) is 0. The van der Waals surface area contributed by atoms with Crippen LogP contribution < -0.4 is 0 Å². The third kappa shape index (κ3) is 1.48. The molecule has 0 atom stereocenters. The molecule has 0 heterocycles. The quantitative estimate of drug-likeness (QED) is 0.400. The van der Waals surface area contributed by atoms with Crippen molar-refractivity contribution in [3.8, 4) is 0 Å². The van der Waals surface area contributed by atoms with E-state index in [-0.39, 0.29) is 1.43 Å². The van der Waals surface area contributed by atoms with Crippen LogP contribution in [0, 0.1) is 0 Å². The Morgan fingerprint density at radius 2 is 1.50 bits per heavy atom. The second kappa shape index (κ2) is 2.48. The zero-order valence-corrected chi connectivity index (χ0v) is 2.57. The molecule has 0 nitrogen and oxygen atoms in total. The largest absolute Gasteiger partial charge is 0.0991 e. The predicted octanol–water partition coefficient (Wildman–Crippen LogP) is 1.60. The Labute approximate surface area is 27.9 Å². The van der Waals surface area contributed by atoms with E-state index in [1.807, 2.05) is 0 Å². The van der Waals surface area contributed by atoms with Crippen molar-refractivity contribution in [3.05, 3.63) is 25.3 Å². The van der Waals surface area contributed by atoms with Gasteiger partial charge < -0.3 is 0 Å². The minimum atomic E-state index is 0. The van der Waals surface area contributed by atoms with E-state index >= 15 is 0 Å². The van der Waals surface area contributed by atoms with Crippen molar-refractivity contribution in [1.29, 1.82) is 0 Å². The van der Waals surface area contributed by atoms with Crippen LogP contribution in [0.4, 0.5) is 0 Å². The highest BCUT2D eigenvalue weighted by atomic mass is 13.4. The van der Waals surface area contributed by atoms with E-state index in [9.17, 15) is 0 Å². The maximum Gasteiger partial charge on any atom is 0 e. The van der Waals surface area contributed by atoms with Gasteiger partial charge in [0, 0.05) is 1.43 Å². The molecule has 0 radical (unpaired) electrons. The van der Waals surface area contributed by atoms with E-state index in [1.54, 1.807) is 12.2 Å². The fraction of sp³-hybridized carbons (Fsp3) is 0. The molecule has 0 saturated carbocycles. The Balaban J connectivity index is 0. The molecule has 0 saturated heterocycles. The number of hydrogen-bond donors (Lipinski definition) is 0. The molecule has 0 spiro atoms. The van der Waals surface area contributed by atoms with Gasteiger partial charge in [-0.1, -0.05) is 25.3 Å². The standard InChI is InChI=1S/C4H6.H2/c1-3-4-2;/h3-4H,1-2H2;1H. The molecule has 0 aliphatic carbocycles. The Morgan fingerprint density at radius 1 is 1.25 bits per heavy atom. The van der Waals surface area contributed by atoms with Gasteiger partial charge in [0.2, 0.25) is 0 Å². The summed E-state index contributed by atoms with van der Waals surface area (Å²) in [6.45, 7) is 6.72. The third-order valence-corrected chi connectivity index (χ3v) is 0.167. The fourth-order valence-electron chi connectivity index (χ4n) is 0. The lowest BCUT2D eigenvalue weighted by atomic mass is 10.6. The second-order valence-electron chi connectivity index (χ2n) is 0.471. The average Bonchev–Trinajstić information content (AvgIpc) is 1.37. The maximum absolute atomic E-state index is 3.36. The summed E-state index contributed by atoms with van der Waals surface area (Å²) >= 11 is 0. The zero-order chi connectivity index (χ0) is 3.41. The Bertz CT molecular complexity index is 24.6. The van der Waals surface area contributed by atoms with Crippen LogP contribution in [0.3, 0.4) is 0 Å². The van der Waals surface area contributed by atoms with Gasteiger partial charge in [-0.2, -0.15) is 0 Å². The highest BCUT2D eigenvalue weighted by molar-refractivity contribution is 4.88. The van der Waals surface area contributed by atoms with Crippen molar-refractivity contribution in [2.45, 2.75) is 0 Å². The Kier molecular flexibility index (Phi) is 2.16. The SMILES string of the molecule is C=CC=C.[HH]. The summed E-state index contributed by atoms with van der Waals surface area (Å²) in [4.78, 5) is 0. The summed E-state index contributed by atoms with van der Waals surface area (Å²) in [5.41, 5.74) is 0. The number of rotatable bonds is 1. The lowest BCUT2D eigenvalue weighted by Gasteiger charge is -1.44. The van der Waals surface area contributed by atoms with Gasteiger partial charge >= 0.3 is 0 Å². The van der Waals surface area contributed by atoms with Crippen molar-refractivity contribution in [2.75, 3.05) is 0 Å². The molecule has 0 N–H and O–H groups in total. The monoisotopic (exact) mass is 56.1 g/mol. The number of hydrogen-bond acceptors (Lipinski definition) is 0. The lowest BCUT2D eigenvalue weighted by molar-refractivity contribution is 2.15. The Hall–Kier alpha value is -0.520. The van der Waals surface area contributed by atoms with Gasteiger partial charge in [0.1, 0.15) is 0 Å². The molecule has 24 valence electrons. The van der Waals surface area contributed by atoms with Crippen LogP contribution in [-0.2, 0) is 0 Å². The molecule has 0 aliphatic heterocycles. The van der Waals surface area contributed by atoms with Crippen LogP contribution in [0.15, 0.2) is 25.3 Å². The third-order valence-electron chi connectivity index (χ3n) is 0.167. The molecule has 0 aromatic rings. The first-order valence-electron chi connectivity index (χ1n) is 1.15. The first kappa shape index (κ1) is 3.48. The zero-order valence-electron chi connectivity index (χ0n) is 2.57. The summed E-state index contributed by atoms with van der Waals surface area (Å²) in [7, 11) is 0. The van der Waals surface area contributed by atoms with Crippen molar-refractivity contribution >= 4 is 0 Å². The normalized spacial score (nSPS) is 5.00. The predicted molar refractivity (Wildman–Crippen MR) is 22.5 cm³/mol. The average molecular weight is 56.1 g/mol. The van der Waals surface area contributed by atoms with Gasteiger partial charge in [0.15, 0.2) is 0 Å². The van der Waals surface area contributed by atoms with Crippen LogP contribution in [-0.4, -0.2) is 0 Å². The van der Waals surface area contributed by atoms with E-state index in [2.05, 4.69) is 13.2 Å². The van der Waals surface area contributed by atoms with E-state index < -0.39 is 0 Å². The second-order valence-corrected chi connectivity index (χ2v) is 0.471. The molecule has 0 bridgehead atoms. The van der Waals surface area contributed by atoms with Gasteiger partial charge in [0.25, 0.3) is 0 Å². The lowest BCUT2D eigenvalue weighted by Crippen LogP contribution is -1.21. The Morgan fingerprint density at radius 3 is 1.50 bits per heavy atom. The molecular weight excluding hydrogens is 48.0 g/mol. The van der Waals surface area contributed by atoms with Crippen LogP contribution >= 0.6 is 0 Å². The molecule has 0 rings (SSSR count). The highest BCUT2D eigenvalue weighted by Gasteiger charge is 1.29. The first-order valence-corrected chi connectivity index (χ1v) is 1.15. The molecular formula is C4H8. The highest BCUT2D eigenvalue weighted by Crippen LogP contribution is 1.52. The summed E-state index contributed by atoms with van der Waals surface area (Å²) in [6, 6.07) is 0. The van der Waals surface area contributed by atoms with Crippen LogP contribution in [0.2, 0.25) is 0 Å². The topological polar surface area (TPSA) is 0 Å². The maximum atomic E-state index is 3.36. The molecule has 0 amide bonds. The van der Waals surface area contributed by atoms with E-state index in [0.29, 0.717) is 0 Å². The molecule has 0 aliphatic rings. The minimum absolute atomic E-state index is 0. The molecule has 0 fully saturated rings. The summed E-state index contributed by atoms with van der Waals surface area (Å²) in [5.74, 6) is 0. The van der Waals surface area contributed by atoms with E-state index in [0.717, 1.165) is 0 Å². The van der Waals surface area contributed by atoms with Crippen LogP contribution in [0.25, 0.3) is 0 Å². The van der Waals surface area contributed by atoms with Gasteiger partial charge in [-0.15, -0.1) is 0 Å². The van der Waals surface area contributed by atoms with Gasteiger partial charge in [-0.05, 0) is 0 Å². The number of allylic oxidation sites excluding steroid dienone is 2. The first-order chi connectivity index (χ1) is 1.91. The molecule has 0 aromatic carbocycles. The fourth-order valence-corrected chi connectivity index (χ4v) is 0. The van der Waals surface area contributed by atoms with Crippen LogP contribution in [0.5, 0.6) is 0 Å². The van der Waals surface area contributed by atoms with Crippen molar-refractivity contribution in [3.63, 3.8) is 0 Å². The smallest absolute Gasteiger partial charge is 0 e. The molecule has 0 heteroatoms. The van der Waals surface area contributed by atoms with Crippen molar-refractivity contribution in [1.82, 2.24) is 0 Å². The summed E-state index contributed by atoms with van der Waals surface area (Å²) in [6.07, 6.45) is 3.28. The minimum Gasteiger partial charge on any atom is -0.0991 e. The van der Waals surface area contributed by atoms with Gasteiger partial charge in [-0.25, -0.2) is 0 Å². The molecule has 0 unspecified atom stereocenters. The van der Waals surface area contributed by atoms with Crippen molar-refractivity contribution < 1.29 is 1.43 Å². The van der Waals surface area contributed by atoms with Crippen LogP contribution in [0.1, 0.15) is 1.43 Å². The van der Waals surface area contributed by atoms with E-state index in [4.69, 9.17) is 0 Å². The van der Waals surface area contributed by atoms with Gasteiger partial charge in [0.05, 0.1) is 0 Å². The summed E-state index contributed by atoms with van der Waals surface area (Å²) < 4.78 is 0.